The maximum Gasteiger partial charge on any atom is 0.307 e. The van der Waals surface area contributed by atoms with Gasteiger partial charge in [-0.3, -0.25) is 14.2 Å². The SMILES string of the molecule is CCn1ccc(NS(=O)(=O)c2cc(CC(=O)O)ccc2OC)n1. The lowest BCUT2D eigenvalue weighted by Gasteiger charge is -2.11. The molecule has 0 aliphatic carbocycles. The largest absolute Gasteiger partial charge is 0.495 e. The van der Waals surface area contributed by atoms with Crippen LogP contribution in [0.5, 0.6) is 5.75 Å². The van der Waals surface area contributed by atoms with Crippen molar-refractivity contribution in [1.82, 2.24) is 9.78 Å². The van der Waals surface area contributed by atoms with Crippen molar-refractivity contribution in [3.05, 3.63) is 36.0 Å². The molecule has 8 nitrogen and oxygen atoms in total. The summed E-state index contributed by atoms with van der Waals surface area (Å²) in [7, 11) is -2.61. The summed E-state index contributed by atoms with van der Waals surface area (Å²) >= 11 is 0. The lowest BCUT2D eigenvalue weighted by molar-refractivity contribution is -0.136. The van der Waals surface area contributed by atoms with E-state index in [1.807, 2.05) is 6.92 Å². The number of hydrogen-bond acceptors (Lipinski definition) is 5. The van der Waals surface area contributed by atoms with Crippen molar-refractivity contribution in [2.45, 2.75) is 24.8 Å². The molecule has 2 N–H and O–H groups in total. The van der Waals surface area contributed by atoms with E-state index < -0.39 is 16.0 Å². The van der Waals surface area contributed by atoms with Crippen LogP contribution in [0.1, 0.15) is 12.5 Å². The van der Waals surface area contributed by atoms with E-state index in [4.69, 9.17) is 9.84 Å². The second kappa shape index (κ2) is 6.69. The van der Waals surface area contributed by atoms with Gasteiger partial charge in [0.1, 0.15) is 10.6 Å². The van der Waals surface area contributed by atoms with E-state index in [1.165, 1.54) is 31.4 Å². The van der Waals surface area contributed by atoms with Gasteiger partial charge in [0.15, 0.2) is 5.82 Å². The van der Waals surface area contributed by atoms with Crippen LogP contribution < -0.4 is 9.46 Å². The molecular weight excluding hydrogens is 322 g/mol. The van der Waals surface area contributed by atoms with E-state index in [-0.39, 0.29) is 22.9 Å². The molecule has 0 radical (unpaired) electrons. The Morgan fingerprint density at radius 1 is 1.39 bits per heavy atom. The fourth-order valence-corrected chi connectivity index (χ4v) is 3.22. The number of carboxylic acid groups (broad SMARTS) is 1. The van der Waals surface area contributed by atoms with Crippen LogP contribution in [0, 0.1) is 0 Å². The summed E-state index contributed by atoms with van der Waals surface area (Å²) in [6, 6.07) is 5.76. The van der Waals surface area contributed by atoms with E-state index in [0.29, 0.717) is 12.1 Å². The molecule has 0 unspecified atom stereocenters. The highest BCUT2D eigenvalue weighted by Crippen LogP contribution is 2.26. The molecule has 0 saturated carbocycles. The Labute approximate surface area is 133 Å². The van der Waals surface area contributed by atoms with Gasteiger partial charge in [-0.15, -0.1) is 0 Å². The number of methoxy groups -OCH3 is 1. The standard InChI is InChI=1S/C14H17N3O5S/c1-3-17-7-6-13(15-17)16-23(20,21)12-8-10(9-14(18)19)4-5-11(12)22-2/h4-8H,3,9H2,1-2H3,(H,15,16)(H,18,19). The first-order chi connectivity index (χ1) is 10.9. The van der Waals surface area contributed by atoms with Gasteiger partial charge in [0.25, 0.3) is 10.0 Å². The molecule has 0 saturated heterocycles. The van der Waals surface area contributed by atoms with Crippen LogP contribution in [-0.2, 0) is 27.8 Å². The first-order valence-corrected chi connectivity index (χ1v) is 8.29. The van der Waals surface area contributed by atoms with Gasteiger partial charge in [-0.2, -0.15) is 5.10 Å². The van der Waals surface area contributed by atoms with E-state index in [1.54, 1.807) is 10.9 Å². The predicted molar refractivity (Wildman–Crippen MR) is 83.0 cm³/mol. The summed E-state index contributed by atoms with van der Waals surface area (Å²) in [5.74, 6) is -0.743. The Kier molecular flexibility index (Phi) is 4.89. The van der Waals surface area contributed by atoms with Crippen molar-refractivity contribution < 1.29 is 23.1 Å². The van der Waals surface area contributed by atoms with Crippen LogP contribution in [0.15, 0.2) is 35.4 Å². The molecule has 0 aliphatic rings. The first-order valence-electron chi connectivity index (χ1n) is 6.80. The minimum Gasteiger partial charge on any atom is -0.495 e. The van der Waals surface area contributed by atoms with Crippen molar-refractivity contribution in [2.75, 3.05) is 11.8 Å². The van der Waals surface area contributed by atoms with Gasteiger partial charge in [-0.25, -0.2) is 8.42 Å². The highest BCUT2D eigenvalue weighted by atomic mass is 32.2. The van der Waals surface area contributed by atoms with Crippen LogP contribution in [0.4, 0.5) is 5.82 Å². The van der Waals surface area contributed by atoms with E-state index >= 15 is 0 Å². The second-order valence-electron chi connectivity index (χ2n) is 4.72. The molecular formula is C14H17N3O5S. The number of carbonyl (C=O) groups is 1. The lowest BCUT2D eigenvalue weighted by atomic mass is 10.1. The Balaban J connectivity index is 2.38. The van der Waals surface area contributed by atoms with Crippen LogP contribution >= 0.6 is 0 Å². The third-order valence-corrected chi connectivity index (χ3v) is 4.45. The predicted octanol–water partition coefficient (Wildman–Crippen LogP) is 1.34. The number of aliphatic carboxylic acids is 1. The molecule has 0 bridgehead atoms. The summed E-state index contributed by atoms with van der Waals surface area (Å²) in [6.45, 7) is 2.49. The maximum absolute atomic E-state index is 12.5. The fourth-order valence-electron chi connectivity index (χ4n) is 2.00. The average molecular weight is 339 g/mol. The molecule has 1 aromatic carbocycles. The van der Waals surface area contributed by atoms with Gasteiger partial charge in [0.2, 0.25) is 0 Å². The lowest BCUT2D eigenvalue weighted by Crippen LogP contribution is -2.15. The van der Waals surface area contributed by atoms with Crippen molar-refractivity contribution in [3.63, 3.8) is 0 Å². The zero-order valence-corrected chi connectivity index (χ0v) is 13.5. The van der Waals surface area contributed by atoms with Crippen LogP contribution in [0.25, 0.3) is 0 Å². The van der Waals surface area contributed by atoms with Gasteiger partial charge in [-0.1, -0.05) is 6.07 Å². The number of anilines is 1. The summed E-state index contributed by atoms with van der Waals surface area (Å²) < 4.78 is 34.1. The van der Waals surface area contributed by atoms with Gasteiger partial charge in [-0.05, 0) is 24.6 Å². The van der Waals surface area contributed by atoms with Crippen molar-refractivity contribution in [3.8, 4) is 5.75 Å². The molecule has 2 rings (SSSR count). The quantitative estimate of drug-likeness (QED) is 0.787. The van der Waals surface area contributed by atoms with Crippen LogP contribution in [-0.4, -0.2) is 36.4 Å². The number of ether oxygens (including phenoxy) is 1. The molecule has 1 heterocycles. The maximum atomic E-state index is 12.5. The molecule has 9 heteroatoms. The summed E-state index contributed by atoms with van der Waals surface area (Å²) in [5, 5.41) is 12.9. The molecule has 0 spiro atoms. The molecule has 1 aromatic heterocycles. The van der Waals surface area contributed by atoms with Crippen LogP contribution in [0.2, 0.25) is 0 Å². The summed E-state index contributed by atoms with van der Waals surface area (Å²) in [4.78, 5) is 10.7. The Morgan fingerprint density at radius 2 is 2.13 bits per heavy atom. The number of benzene rings is 1. The zero-order valence-electron chi connectivity index (χ0n) is 12.7. The summed E-state index contributed by atoms with van der Waals surface area (Å²) in [5.41, 5.74) is 0.359. The minimum absolute atomic E-state index is 0.126. The summed E-state index contributed by atoms with van der Waals surface area (Å²) in [6.07, 6.45) is 1.37. The molecule has 2 aromatic rings. The Hall–Kier alpha value is -2.55. The number of aryl methyl sites for hydroxylation is 1. The third-order valence-electron chi connectivity index (χ3n) is 3.08. The van der Waals surface area contributed by atoms with Gasteiger partial charge in [0, 0.05) is 18.8 Å². The highest BCUT2D eigenvalue weighted by molar-refractivity contribution is 7.92. The van der Waals surface area contributed by atoms with E-state index in [2.05, 4.69) is 9.82 Å². The van der Waals surface area contributed by atoms with Gasteiger partial charge < -0.3 is 9.84 Å². The molecule has 0 aliphatic heterocycles. The Bertz CT molecular complexity index is 814. The fraction of sp³-hybridized carbons (Fsp3) is 0.286. The average Bonchev–Trinajstić information content (AvgIpc) is 2.93. The number of aromatic nitrogens is 2. The number of nitrogens with one attached hydrogen (secondary N) is 1. The molecule has 0 amide bonds. The molecule has 0 atom stereocenters. The number of carboxylic acids is 1. The third kappa shape index (κ3) is 4.01. The highest BCUT2D eigenvalue weighted by Gasteiger charge is 2.21. The van der Waals surface area contributed by atoms with E-state index in [0.717, 1.165) is 0 Å². The topological polar surface area (TPSA) is 111 Å². The smallest absolute Gasteiger partial charge is 0.307 e. The van der Waals surface area contributed by atoms with Gasteiger partial charge in [0.05, 0.1) is 13.5 Å². The number of hydrogen-bond donors (Lipinski definition) is 2. The molecule has 0 fully saturated rings. The first kappa shape index (κ1) is 16.8. The normalized spacial score (nSPS) is 11.2. The second-order valence-corrected chi connectivity index (χ2v) is 6.37. The van der Waals surface area contributed by atoms with Crippen molar-refractivity contribution in [2.24, 2.45) is 0 Å². The van der Waals surface area contributed by atoms with Crippen LogP contribution in [0.3, 0.4) is 0 Å². The molecule has 124 valence electrons. The zero-order chi connectivity index (χ0) is 17.0. The monoisotopic (exact) mass is 339 g/mol. The number of nitrogens with zero attached hydrogens (tertiary/aromatic N) is 2. The van der Waals surface area contributed by atoms with Crippen molar-refractivity contribution in [1.29, 1.82) is 0 Å². The van der Waals surface area contributed by atoms with Crippen molar-refractivity contribution >= 4 is 21.8 Å². The number of rotatable bonds is 7. The van der Waals surface area contributed by atoms with E-state index in [9.17, 15) is 13.2 Å². The minimum atomic E-state index is -3.95. The van der Waals surface area contributed by atoms with Gasteiger partial charge >= 0.3 is 5.97 Å². The molecule has 23 heavy (non-hydrogen) atoms. The number of sulfonamides is 1. The Morgan fingerprint density at radius 3 is 2.70 bits per heavy atom.